The highest BCUT2D eigenvalue weighted by Crippen LogP contribution is 2.23. The van der Waals surface area contributed by atoms with Crippen LogP contribution in [0.1, 0.15) is 18.9 Å². The number of rotatable bonds is 5. The number of hydrogen-bond donors (Lipinski definition) is 1. The molecule has 0 saturated carbocycles. The molecule has 0 aliphatic rings. The average molecular weight is 286 g/mol. The lowest BCUT2D eigenvalue weighted by atomic mass is 10.2. The highest BCUT2D eigenvalue weighted by molar-refractivity contribution is 7.90. The van der Waals surface area contributed by atoms with Gasteiger partial charge in [-0.05, 0) is 19.1 Å². The van der Waals surface area contributed by atoms with E-state index in [-0.39, 0.29) is 10.9 Å². The topological polar surface area (TPSA) is 46.2 Å². The summed E-state index contributed by atoms with van der Waals surface area (Å²) in [5.41, 5.74) is 0.588. The quantitative estimate of drug-likeness (QED) is 0.844. The van der Waals surface area contributed by atoms with Crippen molar-refractivity contribution in [2.75, 3.05) is 6.26 Å². The van der Waals surface area contributed by atoms with E-state index >= 15 is 0 Å². The summed E-state index contributed by atoms with van der Waals surface area (Å²) in [7, 11) is -3.28. The van der Waals surface area contributed by atoms with E-state index in [0.717, 1.165) is 0 Å². The minimum absolute atomic E-state index is 0.110. The standard InChI is InChI=1S/C13H16ClNO2S/c1-4-6-10(2)15-9-11-12(14)7-5-8-13(11)18(3,16)17/h1,5,7-8,10,15H,6,9H2,2-3H3. The zero-order valence-electron chi connectivity index (χ0n) is 10.4. The molecule has 0 fully saturated rings. The summed E-state index contributed by atoms with van der Waals surface area (Å²) in [5.74, 6) is 2.55. The van der Waals surface area contributed by atoms with Crippen LogP contribution in [-0.2, 0) is 16.4 Å². The predicted octanol–water partition coefficient (Wildman–Crippen LogP) is 2.24. The second-order valence-corrected chi connectivity index (χ2v) is 6.57. The maximum atomic E-state index is 11.7. The molecular weight excluding hydrogens is 270 g/mol. The zero-order valence-corrected chi connectivity index (χ0v) is 12.0. The molecule has 1 aromatic carbocycles. The maximum absolute atomic E-state index is 11.7. The molecule has 0 spiro atoms. The smallest absolute Gasteiger partial charge is 0.175 e. The Balaban J connectivity index is 2.98. The molecule has 1 N–H and O–H groups in total. The second-order valence-electron chi connectivity index (χ2n) is 4.18. The fourth-order valence-corrected chi connectivity index (χ4v) is 2.84. The van der Waals surface area contributed by atoms with E-state index in [2.05, 4.69) is 11.2 Å². The van der Waals surface area contributed by atoms with Gasteiger partial charge in [0, 0.05) is 35.8 Å². The number of sulfone groups is 1. The van der Waals surface area contributed by atoms with Gasteiger partial charge in [-0.3, -0.25) is 0 Å². The van der Waals surface area contributed by atoms with Gasteiger partial charge in [-0.25, -0.2) is 8.42 Å². The Morgan fingerprint density at radius 2 is 2.17 bits per heavy atom. The van der Waals surface area contributed by atoms with Gasteiger partial charge in [0.15, 0.2) is 9.84 Å². The molecule has 1 atom stereocenters. The Morgan fingerprint density at radius 3 is 2.72 bits per heavy atom. The van der Waals surface area contributed by atoms with Gasteiger partial charge in [0.25, 0.3) is 0 Å². The lowest BCUT2D eigenvalue weighted by molar-refractivity contribution is 0.553. The number of halogens is 1. The molecule has 0 aromatic heterocycles. The molecule has 0 saturated heterocycles. The first kappa shape index (κ1) is 15.0. The molecule has 0 heterocycles. The van der Waals surface area contributed by atoms with Crippen LogP contribution < -0.4 is 5.32 Å². The van der Waals surface area contributed by atoms with Gasteiger partial charge in [-0.15, -0.1) is 12.3 Å². The third-order valence-corrected chi connectivity index (χ3v) is 4.06. The Morgan fingerprint density at radius 1 is 1.50 bits per heavy atom. The van der Waals surface area contributed by atoms with Crippen molar-refractivity contribution in [2.24, 2.45) is 0 Å². The van der Waals surface area contributed by atoms with Gasteiger partial charge >= 0.3 is 0 Å². The number of nitrogens with one attached hydrogen (secondary N) is 1. The molecule has 0 amide bonds. The van der Waals surface area contributed by atoms with Crippen molar-refractivity contribution in [3.63, 3.8) is 0 Å². The molecule has 0 aliphatic heterocycles. The lowest BCUT2D eigenvalue weighted by Gasteiger charge is -2.14. The van der Waals surface area contributed by atoms with Crippen molar-refractivity contribution in [3.05, 3.63) is 28.8 Å². The largest absolute Gasteiger partial charge is 0.309 e. The molecule has 0 aliphatic carbocycles. The molecule has 1 aromatic rings. The third-order valence-electron chi connectivity index (χ3n) is 2.53. The molecular formula is C13H16ClNO2S. The van der Waals surface area contributed by atoms with Crippen LogP contribution in [0.3, 0.4) is 0 Å². The lowest BCUT2D eigenvalue weighted by Crippen LogP contribution is -2.25. The van der Waals surface area contributed by atoms with E-state index in [1.54, 1.807) is 18.2 Å². The Kier molecular flexibility index (Phi) is 5.21. The predicted molar refractivity (Wildman–Crippen MR) is 74.3 cm³/mol. The summed E-state index contributed by atoms with van der Waals surface area (Å²) >= 11 is 6.05. The van der Waals surface area contributed by atoms with Crippen LogP contribution in [0, 0.1) is 12.3 Å². The number of terminal acetylenes is 1. The summed E-state index contributed by atoms with van der Waals surface area (Å²) in [6, 6.07) is 4.98. The van der Waals surface area contributed by atoms with Crippen LogP contribution in [-0.4, -0.2) is 20.7 Å². The summed E-state index contributed by atoms with van der Waals surface area (Å²) in [6.45, 7) is 2.32. The van der Waals surface area contributed by atoms with Gasteiger partial charge in [0.1, 0.15) is 0 Å². The average Bonchev–Trinajstić information content (AvgIpc) is 2.26. The highest BCUT2D eigenvalue weighted by Gasteiger charge is 2.15. The van der Waals surface area contributed by atoms with Crippen LogP contribution in [0.5, 0.6) is 0 Å². The molecule has 98 valence electrons. The van der Waals surface area contributed by atoms with Crippen molar-refractivity contribution >= 4 is 21.4 Å². The van der Waals surface area contributed by atoms with Crippen LogP contribution in [0.2, 0.25) is 5.02 Å². The Bertz CT molecular complexity index is 561. The van der Waals surface area contributed by atoms with Gasteiger partial charge in [0.05, 0.1) is 4.90 Å². The van der Waals surface area contributed by atoms with E-state index in [9.17, 15) is 8.42 Å². The fraction of sp³-hybridized carbons (Fsp3) is 0.385. The fourth-order valence-electron chi connectivity index (χ4n) is 1.58. The van der Waals surface area contributed by atoms with Crippen LogP contribution in [0.4, 0.5) is 0 Å². The molecule has 18 heavy (non-hydrogen) atoms. The Hall–Kier alpha value is -1.02. The van der Waals surface area contributed by atoms with Crippen molar-refractivity contribution in [2.45, 2.75) is 30.8 Å². The Labute approximate surface area is 113 Å². The first-order valence-corrected chi connectivity index (χ1v) is 7.77. The molecule has 1 unspecified atom stereocenters. The van der Waals surface area contributed by atoms with E-state index in [0.29, 0.717) is 23.6 Å². The SMILES string of the molecule is C#CCC(C)NCc1c(Cl)cccc1S(C)(=O)=O. The van der Waals surface area contributed by atoms with Crippen molar-refractivity contribution in [1.29, 1.82) is 0 Å². The first-order valence-electron chi connectivity index (χ1n) is 5.50. The first-order chi connectivity index (χ1) is 8.36. The molecule has 1 rings (SSSR count). The number of hydrogen-bond acceptors (Lipinski definition) is 3. The maximum Gasteiger partial charge on any atom is 0.175 e. The summed E-state index contributed by atoms with van der Waals surface area (Å²) in [6.07, 6.45) is 6.97. The van der Waals surface area contributed by atoms with Crippen molar-refractivity contribution in [3.8, 4) is 12.3 Å². The van der Waals surface area contributed by atoms with E-state index in [1.165, 1.54) is 6.26 Å². The summed E-state index contributed by atoms with van der Waals surface area (Å²) in [4.78, 5) is 0.260. The monoisotopic (exact) mass is 285 g/mol. The highest BCUT2D eigenvalue weighted by atomic mass is 35.5. The van der Waals surface area contributed by atoms with E-state index < -0.39 is 9.84 Å². The van der Waals surface area contributed by atoms with E-state index in [1.807, 2.05) is 6.92 Å². The minimum atomic E-state index is -3.28. The summed E-state index contributed by atoms with van der Waals surface area (Å²) < 4.78 is 23.3. The van der Waals surface area contributed by atoms with Crippen LogP contribution in [0.15, 0.2) is 23.1 Å². The number of benzene rings is 1. The van der Waals surface area contributed by atoms with Crippen LogP contribution in [0.25, 0.3) is 0 Å². The second kappa shape index (κ2) is 6.24. The van der Waals surface area contributed by atoms with E-state index in [4.69, 9.17) is 18.0 Å². The molecule has 0 bridgehead atoms. The van der Waals surface area contributed by atoms with Gasteiger partial charge in [-0.1, -0.05) is 17.7 Å². The zero-order chi connectivity index (χ0) is 13.8. The molecule has 3 nitrogen and oxygen atoms in total. The van der Waals surface area contributed by atoms with Gasteiger partial charge in [0.2, 0.25) is 0 Å². The molecule has 5 heteroatoms. The van der Waals surface area contributed by atoms with Crippen molar-refractivity contribution < 1.29 is 8.42 Å². The van der Waals surface area contributed by atoms with Crippen LogP contribution >= 0.6 is 11.6 Å². The minimum Gasteiger partial charge on any atom is -0.309 e. The summed E-state index contributed by atoms with van der Waals surface area (Å²) in [5, 5.41) is 3.60. The van der Waals surface area contributed by atoms with Crippen molar-refractivity contribution in [1.82, 2.24) is 5.32 Å². The van der Waals surface area contributed by atoms with Gasteiger partial charge < -0.3 is 5.32 Å². The molecule has 0 radical (unpaired) electrons. The normalized spacial score (nSPS) is 13.0. The third kappa shape index (κ3) is 4.02. The van der Waals surface area contributed by atoms with Gasteiger partial charge in [-0.2, -0.15) is 0 Å².